The van der Waals surface area contributed by atoms with E-state index in [0.29, 0.717) is 11.6 Å². The number of para-hydroxylation sites is 1. The van der Waals surface area contributed by atoms with Gasteiger partial charge in [-0.3, -0.25) is 4.79 Å². The molecule has 0 radical (unpaired) electrons. The van der Waals surface area contributed by atoms with Gasteiger partial charge in [0.15, 0.2) is 5.82 Å². The molecule has 0 aliphatic rings. The number of benzene rings is 1. The lowest BCUT2D eigenvalue weighted by Gasteiger charge is -2.07. The van der Waals surface area contributed by atoms with Crippen LogP contribution >= 0.6 is 11.8 Å². The lowest BCUT2D eigenvalue weighted by atomic mass is 10.2. The molecule has 1 aromatic heterocycles. The fourth-order valence-corrected chi connectivity index (χ4v) is 2.38. The maximum Gasteiger partial charge on any atom is 0.235 e. The maximum absolute atomic E-state index is 11.7. The first-order valence-electron chi connectivity index (χ1n) is 5.77. The lowest BCUT2D eigenvalue weighted by molar-refractivity contribution is -0.113. The van der Waals surface area contributed by atoms with Crippen LogP contribution in [0, 0.1) is 13.8 Å². The van der Waals surface area contributed by atoms with Crippen LogP contribution in [-0.4, -0.2) is 16.8 Å². The number of amides is 1. The van der Waals surface area contributed by atoms with Crippen molar-refractivity contribution in [3.05, 3.63) is 35.6 Å². The Balaban J connectivity index is 1.91. The monoisotopic (exact) mass is 277 g/mol. The fraction of sp³-hybridized carbons (Fsp3) is 0.231. The Morgan fingerprint density at radius 2 is 2.26 bits per heavy atom. The van der Waals surface area contributed by atoms with Crippen molar-refractivity contribution >= 4 is 29.2 Å². The molecule has 0 saturated carbocycles. The molecule has 100 valence electrons. The van der Waals surface area contributed by atoms with Gasteiger partial charge >= 0.3 is 0 Å². The average molecular weight is 277 g/mol. The van der Waals surface area contributed by atoms with Crippen molar-refractivity contribution in [3.8, 4) is 0 Å². The number of hydrogen-bond acceptors (Lipinski definition) is 5. The summed E-state index contributed by atoms with van der Waals surface area (Å²) in [7, 11) is 0. The molecule has 0 unspecified atom stereocenters. The number of hydrogen-bond donors (Lipinski definition) is 2. The largest absolute Gasteiger partial charge is 0.398 e. The highest BCUT2D eigenvalue weighted by Gasteiger charge is 2.08. The van der Waals surface area contributed by atoms with Crippen molar-refractivity contribution in [2.24, 2.45) is 0 Å². The van der Waals surface area contributed by atoms with E-state index in [4.69, 9.17) is 10.3 Å². The molecular weight excluding hydrogens is 262 g/mol. The normalized spacial score (nSPS) is 10.4. The smallest absolute Gasteiger partial charge is 0.235 e. The van der Waals surface area contributed by atoms with Gasteiger partial charge in [-0.25, -0.2) is 0 Å². The Bertz CT molecular complexity index is 595. The Kier molecular flexibility index (Phi) is 4.11. The van der Waals surface area contributed by atoms with Gasteiger partial charge in [0, 0.05) is 16.6 Å². The van der Waals surface area contributed by atoms with Crippen LogP contribution in [0.3, 0.4) is 0 Å². The van der Waals surface area contributed by atoms with Crippen molar-refractivity contribution in [2.45, 2.75) is 18.7 Å². The first-order chi connectivity index (χ1) is 9.06. The molecule has 3 N–H and O–H groups in total. The summed E-state index contributed by atoms with van der Waals surface area (Å²) in [4.78, 5) is 12.6. The van der Waals surface area contributed by atoms with E-state index in [-0.39, 0.29) is 11.7 Å². The van der Waals surface area contributed by atoms with Crippen LogP contribution in [0.2, 0.25) is 0 Å². The van der Waals surface area contributed by atoms with E-state index >= 15 is 0 Å². The number of nitrogen functional groups attached to an aromatic ring is 1. The molecule has 19 heavy (non-hydrogen) atoms. The summed E-state index contributed by atoms with van der Waals surface area (Å²) in [6, 6.07) is 7.44. The molecule has 0 atom stereocenters. The van der Waals surface area contributed by atoms with E-state index in [0.717, 1.165) is 16.1 Å². The van der Waals surface area contributed by atoms with Crippen LogP contribution in [0.1, 0.15) is 11.3 Å². The molecule has 0 aliphatic carbocycles. The highest BCUT2D eigenvalue weighted by molar-refractivity contribution is 8.00. The van der Waals surface area contributed by atoms with Crippen molar-refractivity contribution < 1.29 is 9.32 Å². The molecule has 2 aromatic rings. The van der Waals surface area contributed by atoms with E-state index < -0.39 is 0 Å². The molecule has 0 aliphatic heterocycles. The molecule has 0 spiro atoms. The number of thioether (sulfide) groups is 1. The van der Waals surface area contributed by atoms with Crippen molar-refractivity contribution in [3.63, 3.8) is 0 Å². The molecule has 2 rings (SSSR count). The standard InChI is InChI=1S/C13H15N3O2S/c1-8-4-3-5-10(13(8)14)19-7-12(17)15-11-6-9(2)18-16-11/h3-6H,7,14H2,1-2H3,(H,15,16,17). The van der Waals surface area contributed by atoms with Gasteiger partial charge in [0.05, 0.1) is 5.75 Å². The molecule has 1 aromatic carbocycles. The van der Waals surface area contributed by atoms with E-state index in [2.05, 4.69) is 10.5 Å². The second-order valence-electron chi connectivity index (χ2n) is 4.15. The number of anilines is 2. The summed E-state index contributed by atoms with van der Waals surface area (Å²) in [6.07, 6.45) is 0. The molecular formula is C13H15N3O2S. The van der Waals surface area contributed by atoms with Crippen molar-refractivity contribution in [2.75, 3.05) is 16.8 Å². The van der Waals surface area contributed by atoms with Gasteiger partial charge in [0.2, 0.25) is 5.91 Å². The second kappa shape index (κ2) is 5.79. The minimum absolute atomic E-state index is 0.140. The third kappa shape index (κ3) is 3.51. The van der Waals surface area contributed by atoms with Gasteiger partial charge in [-0.15, -0.1) is 11.8 Å². The zero-order chi connectivity index (χ0) is 13.8. The summed E-state index contributed by atoms with van der Waals surface area (Å²) in [5.41, 5.74) is 7.68. The van der Waals surface area contributed by atoms with Crippen LogP contribution in [0.5, 0.6) is 0 Å². The zero-order valence-corrected chi connectivity index (χ0v) is 11.6. The van der Waals surface area contributed by atoms with E-state index in [9.17, 15) is 4.79 Å². The van der Waals surface area contributed by atoms with Gasteiger partial charge in [-0.1, -0.05) is 17.3 Å². The van der Waals surface area contributed by atoms with Crippen LogP contribution in [0.4, 0.5) is 11.5 Å². The summed E-state index contributed by atoms with van der Waals surface area (Å²) in [5.74, 6) is 1.23. The lowest BCUT2D eigenvalue weighted by Crippen LogP contribution is -2.14. The van der Waals surface area contributed by atoms with E-state index in [1.54, 1.807) is 13.0 Å². The highest BCUT2D eigenvalue weighted by Crippen LogP contribution is 2.27. The fourth-order valence-electron chi connectivity index (χ4n) is 1.53. The maximum atomic E-state index is 11.7. The molecule has 0 fully saturated rings. The Morgan fingerprint density at radius 3 is 2.95 bits per heavy atom. The summed E-state index contributed by atoms with van der Waals surface area (Å²) >= 11 is 1.40. The molecule has 1 amide bonds. The number of carbonyl (C=O) groups excluding carboxylic acids is 1. The summed E-state index contributed by atoms with van der Waals surface area (Å²) in [5, 5.41) is 6.36. The summed E-state index contributed by atoms with van der Waals surface area (Å²) < 4.78 is 4.87. The highest BCUT2D eigenvalue weighted by atomic mass is 32.2. The van der Waals surface area contributed by atoms with Crippen LogP contribution in [0.25, 0.3) is 0 Å². The first kappa shape index (κ1) is 13.5. The number of nitrogens with zero attached hydrogens (tertiary/aromatic N) is 1. The third-order valence-corrected chi connectivity index (χ3v) is 3.61. The number of carbonyl (C=O) groups is 1. The van der Waals surface area contributed by atoms with Gasteiger partial charge < -0.3 is 15.6 Å². The Labute approximate surface area is 115 Å². The molecule has 0 saturated heterocycles. The number of nitrogens with two attached hydrogens (primary N) is 1. The second-order valence-corrected chi connectivity index (χ2v) is 5.16. The quantitative estimate of drug-likeness (QED) is 0.663. The predicted molar refractivity (Wildman–Crippen MR) is 76.2 cm³/mol. The third-order valence-electron chi connectivity index (χ3n) is 2.54. The molecule has 6 heteroatoms. The Morgan fingerprint density at radius 1 is 1.47 bits per heavy atom. The van der Waals surface area contributed by atoms with Crippen molar-refractivity contribution in [1.29, 1.82) is 0 Å². The van der Waals surface area contributed by atoms with E-state index in [1.165, 1.54) is 11.8 Å². The van der Waals surface area contributed by atoms with Crippen molar-refractivity contribution in [1.82, 2.24) is 5.16 Å². The average Bonchev–Trinajstić information content (AvgIpc) is 2.76. The topological polar surface area (TPSA) is 81.2 Å². The molecule has 0 bridgehead atoms. The van der Waals surface area contributed by atoms with Gasteiger partial charge in [0.25, 0.3) is 0 Å². The van der Waals surface area contributed by atoms with Gasteiger partial charge in [0.1, 0.15) is 5.76 Å². The summed E-state index contributed by atoms with van der Waals surface area (Å²) in [6.45, 7) is 3.71. The van der Waals surface area contributed by atoms with E-state index in [1.807, 2.05) is 25.1 Å². The zero-order valence-electron chi connectivity index (χ0n) is 10.8. The first-order valence-corrected chi connectivity index (χ1v) is 6.76. The number of nitrogens with one attached hydrogen (secondary N) is 1. The minimum Gasteiger partial charge on any atom is -0.398 e. The number of aryl methyl sites for hydroxylation is 2. The van der Waals surface area contributed by atoms with Crippen LogP contribution < -0.4 is 11.1 Å². The Hall–Kier alpha value is -1.95. The van der Waals surface area contributed by atoms with Crippen LogP contribution in [0.15, 0.2) is 33.7 Å². The van der Waals surface area contributed by atoms with Gasteiger partial charge in [-0.05, 0) is 25.5 Å². The minimum atomic E-state index is -0.140. The van der Waals surface area contributed by atoms with Crippen LogP contribution in [-0.2, 0) is 4.79 Å². The molecule has 5 nitrogen and oxygen atoms in total. The number of rotatable bonds is 4. The number of aromatic nitrogens is 1. The predicted octanol–water partition coefficient (Wildman–Crippen LogP) is 2.60. The van der Waals surface area contributed by atoms with Gasteiger partial charge in [-0.2, -0.15) is 0 Å². The SMILES string of the molecule is Cc1cc(NC(=O)CSc2cccc(C)c2N)no1. The molecule has 1 heterocycles.